The SMILES string of the molecule is Cc1c(Br)cccc1C(Br)c1cc(F)c(F)cc1F. The number of benzene rings is 2. The van der Waals surface area contributed by atoms with Crippen molar-refractivity contribution in [2.24, 2.45) is 0 Å². The van der Waals surface area contributed by atoms with Crippen LogP contribution in [0.4, 0.5) is 13.2 Å². The number of rotatable bonds is 2. The molecule has 19 heavy (non-hydrogen) atoms. The lowest BCUT2D eigenvalue weighted by Gasteiger charge is -2.15. The van der Waals surface area contributed by atoms with Crippen LogP contribution in [0.1, 0.15) is 21.5 Å². The Balaban J connectivity index is 2.53. The molecule has 0 fully saturated rings. The predicted octanol–water partition coefficient (Wildman–Crippen LogP) is 5.66. The molecule has 100 valence electrons. The Morgan fingerprint density at radius 3 is 2.26 bits per heavy atom. The Morgan fingerprint density at radius 1 is 0.947 bits per heavy atom. The highest BCUT2D eigenvalue weighted by molar-refractivity contribution is 9.10. The van der Waals surface area contributed by atoms with Crippen LogP contribution in [0.5, 0.6) is 0 Å². The molecule has 0 amide bonds. The van der Waals surface area contributed by atoms with E-state index in [0.29, 0.717) is 6.07 Å². The fraction of sp³-hybridized carbons (Fsp3) is 0.143. The van der Waals surface area contributed by atoms with E-state index in [4.69, 9.17) is 0 Å². The summed E-state index contributed by atoms with van der Waals surface area (Å²) in [7, 11) is 0. The Kier molecular flexibility index (Phi) is 4.36. The van der Waals surface area contributed by atoms with Gasteiger partial charge in [-0.25, -0.2) is 13.2 Å². The Bertz CT molecular complexity index is 626. The molecule has 2 rings (SSSR count). The van der Waals surface area contributed by atoms with E-state index in [9.17, 15) is 13.2 Å². The van der Waals surface area contributed by atoms with Crippen LogP contribution in [0.25, 0.3) is 0 Å². The summed E-state index contributed by atoms with van der Waals surface area (Å²) in [5, 5.41) is 0. The molecule has 1 unspecified atom stereocenters. The molecule has 0 aromatic heterocycles. The monoisotopic (exact) mass is 392 g/mol. The third-order valence-electron chi connectivity index (χ3n) is 2.90. The quantitative estimate of drug-likeness (QED) is 0.456. The predicted molar refractivity (Wildman–Crippen MR) is 76.0 cm³/mol. The van der Waals surface area contributed by atoms with Gasteiger partial charge in [-0.1, -0.05) is 44.0 Å². The molecule has 2 aromatic carbocycles. The van der Waals surface area contributed by atoms with Crippen LogP contribution >= 0.6 is 31.9 Å². The van der Waals surface area contributed by atoms with E-state index in [1.165, 1.54) is 0 Å². The first kappa shape index (κ1) is 14.6. The van der Waals surface area contributed by atoms with E-state index in [1.807, 2.05) is 13.0 Å². The van der Waals surface area contributed by atoms with Gasteiger partial charge in [-0.05, 0) is 30.2 Å². The fourth-order valence-corrected chi connectivity index (χ4v) is 3.03. The van der Waals surface area contributed by atoms with Gasteiger partial charge in [-0.2, -0.15) is 0 Å². The maximum absolute atomic E-state index is 13.8. The maximum atomic E-state index is 13.8. The van der Waals surface area contributed by atoms with Gasteiger partial charge in [-0.15, -0.1) is 0 Å². The average molecular weight is 394 g/mol. The molecule has 0 N–H and O–H groups in total. The Labute approximate surface area is 125 Å². The Hall–Kier alpha value is -0.810. The molecular formula is C14H9Br2F3. The van der Waals surface area contributed by atoms with Gasteiger partial charge in [0.1, 0.15) is 5.82 Å². The summed E-state index contributed by atoms with van der Waals surface area (Å²) in [6.07, 6.45) is 0. The summed E-state index contributed by atoms with van der Waals surface area (Å²) >= 11 is 6.72. The lowest BCUT2D eigenvalue weighted by atomic mass is 10.00. The second-order valence-electron chi connectivity index (χ2n) is 4.10. The molecule has 0 saturated carbocycles. The van der Waals surface area contributed by atoms with Gasteiger partial charge in [0.15, 0.2) is 11.6 Å². The molecule has 0 bridgehead atoms. The zero-order valence-corrected chi connectivity index (χ0v) is 13.0. The second kappa shape index (κ2) is 5.67. The van der Waals surface area contributed by atoms with Crippen LogP contribution in [0.2, 0.25) is 0 Å². The molecule has 0 aliphatic heterocycles. The van der Waals surface area contributed by atoms with Gasteiger partial charge in [0.25, 0.3) is 0 Å². The molecule has 0 nitrogen and oxygen atoms in total. The molecular weight excluding hydrogens is 385 g/mol. The molecule has 2 aromatic rings. The summed E-state index contributed by atoms with van der Waals surface area (Å²) in [5.74, 6) is -3.03. The van der Waals surface area contributed by atoms with E-state index in [2.05, 4.69) is 31.9 Å². The van der Waals surface area contributed by atoms with E-state index in [-0.39, 0.29) is 5.56 Å². The minimum atomic E-state index is -1.19. The molecule has 5 heteroatoms. The van der Waals surface area contributed by atoms with Crippen LogP contribution < -0.4 is 0 Å². The third kappa shape index (κ3) is 2.87. The number of hydrogen-bond donors (Lipinski definition) is 0. The first-order valence-electron chi connectivity index (χ1n) is 5.45. The fourth-order valence-electron chi connectivity index (χ4n) is 1.80. The van der Waals surface area contributed by atoms with Crippen LogP contribution in [0.3, 0.4) is 0 Å². The summed E-state index contributed by atoms with van der Waals surface area (Å²) in [5.41, 5.74) is 1.77. The number of hydrogen-bond acceptors (Lipinski definition) is 0. The zero-order valence-electron chi connectivity index (χ0n) is 9.85. The first-order valence-corrected chi connectivity index (χ1v) is 7.16. The second-order valence-corrected chi connectivity index (χ2v) is 5.87. The van der Waals surface area contributed by atoms with E-state index >= 15 is 0 Å². The number of alkyl halides is 1. The van der Waals surface area contributed by atoms with Gasteiger partial charge in [0.2, 0.25) is 0 Å². The van der Waals surface area contributed by atoms with Crippen molar-refractivity contribution >= 4 is 31.9 Å². The maximum Gasteiger partial charge on any atom is 0.161 e. The van der Waals surface area contributed by atoms with Crippen LogP contribution in [-0.4, -0.2) is 0 Å². The largest absolute Gasteiger partial charge is 0.207 e. The third-order valence-corrected chi connectivity index (χ3v) is 4.74. The highest BCUT2D eigenvalue weighted by atomic mass is 79.9. The molecule has 0 aliphatic carbocycles. The molecule has 0 radical (unpaired) electrons. The van der Waals surface area contributed by atoms with Crippen molar-refractivity contribution in [1.29, 1.82) is 0 Å². The smallest absolute Gasteiger partial charge is 0.161 e. The van der Waals surface area contributed by atoms with Crippen molar-refractivity contribution in [1.82, 2.24) is 0 Å². The van der Waals surface area contributed by atoms with Gasteiger partial charge in [-0.3, -0.25) is 0 Å². The van der Waals surface area contributed by atoms with Gasteiger partial charge in [0.05, 0.1) is 4.83 Å². The van der Waals surface area contributed by atoms with Gasteiger partial charge < -0.3 is 0 Å². The molecule has 1 atom stereocenters. The molecule has 0 saturated heterocycles. The van der Waals surface area contributed by atoms with Crippen LogP contribution in [-0.2, 0) is 0 Å². The van der Waals surface area contributed by atoms with Crippen LogP contribution in [0.15, 0.2) is 34.8 Å². The average Bonchev–Trinajstić information content (AvgIpc) is 2.36. The zero-order chi connectivity index (χ0) is 14.2. The minimum Gasteiger partial charge on any atom is -0.207 e. The molecule has 0 heterocycles. The number of halogens is 5. The summed E-state index contributed by atoms with van der Waals surface area (Å²) < 4.78 is 40.8. The van der Waals surface area contributed by atoms with Crippen molar-refractivity contribution in [3.8, 4) is 0 Å². The minimum absolute atomic E-state index is 0.0695. The van der Waals surface area contributed by atoms with Crippen molar-refractivity contribution in [3.63, 3.8) is 0 Å². The molecule has 0 spiro atoms. The van der Waals surface area contributed by atoms with Gasteiger partial charge in [0, 0.05) is 16.1 Å². The topological polar surface area (TPSA) is 0 Å². The van der Waals surface area contributed by atoms with Crippen molar-refractivity contribution in [2.45, 2.75) is 11.8 Å². The molecule has 0 aliphatic rings. The van der Waals surface area contributed by atoms with Crippen LogP contribution in [0, 0.1) is 24.4 Å². The Morgan fingerprint density at radius 2 is 1.58 bits per heavy atom. The van der Waals surface area contributed by atoms with E-state index in [1.54, 1.807) is 12.1 Å². The van der Waals surface area contributed by atoms with Crippen molar-refractivity contribution in [2.75, 3.05) is 0 Å². The summed E-state index contributed by atoms with van der Waals surface area (Å²) in [4.78, 5) is -0.542. The summed E-state index contributed by atoms with van der Waals surface area (Å²) in [6, 6.07) is 6.91. The van der Waals surface area contributed by atoms with Gasteiger partial charge >= 0.3 is 0 Å². The summed E-state index contributed by atoms with van der Waals surface area (Å²) in [6.45, 7) is 1.87. The first-order chi connectivity index (χ1) is 8.91. The van der Waals surface area contributed by atoms with Crippen molar-refractivity contribution < 1.29 is 13.2 Å². The standard InChI is InChI=1S/C14H9Br2F3/c1-7-8(3-2-4-10(7)15)14(16)9-5-12(18)13(19)6-11(9)17/h2-6,14H,1H3. The highest BCUT2D eigenvalue weighted by Crippen LogP contribution is 2.36. The normalized spacial score (nSPS) is 12.5. The van der Waals surface area contributed by atoms with Crippen molar-refractivity contribution in [3.05, 3.63) is 68.9 Å². The lowest BCUT2D eigenvalue weighted by molar-refractivity contribution is 0.491. The van der Waals surface area contributed by atoms with E-state index < -0.39 is 22.3 Å². The highest BCUT2D eigenvalue weighted by Gasteiger charge is 2.20. The lowest BCUT2D eigenvalue weighted by Crippen LogP contribution is -2.01. The van der Waals surface area contributed by atoms with E-state index in [0.717, 1.165) is 21.7 Å².